The minimum Gasteiger partial charge on any atom is -0.364 e. The van der Waals surface area contributed by atoms with E-state index in [9.17, 15) is 4.79 Å². The van der Waals surface area contributed by atoms with Gasteiger partial charge in [0.05, 0.1) is 6.04 Å². The van der Waals surface area contributed by atoms with Crippen LogP contribution >= 0.6 is 0 Å². The molecule has 1 aliphatic heterocycles. The van der Waals surface area contributed by atoms with Gasteiger partial charge < -0.3 is 19.1 Å². The smallest absolute Gasteiger partial charge is 0.256 e. The molecule has 1 heterocycles. The van der Waals surface area contributed by atoms with E-state index in [1.165, 1.54) is 7.11 Å². The Balaban J connectivity index is 2.33. The second kappa shape index (κ2) is 4.55. The fourth-order valence-electron chi connectivity index (χ4n) is 1.32. The van der Waals surface area contributed by atoms with Gasteiger partial charge in [-0.05, 0) is 6.92 Å². The van der Waals surface area contributed by atoms with E-state index < -0.39 is 0 Å². The summed E-state index contributed by atoms with van der Waals surface area (Å²) < 4.78 is 14.7. The monoisotopic (exact) mass is 189 g/mol. The first-order chi connectivity index (χ1) is 6.22. The molecule has 0 radical (unpaired) electrons. The Bertz CT molecular complexity index is 185. The number of rotatable bonds is 5. The molecule has 1 aliphatic rings. The number of likely N-dealkylation sites (tertiary alicyclic amines) is 1. The highest BCUT2D eigenvalue weighted by Gasteiger charge is 2.45. The number of carbonyl (C=O) groups is 1. The summed E-state index contributed by atoms with van der Waals surface area (Å²) in [6, 6.07) is 0.0719. The highest BCUT2D eigenvalue weighted by molar-refractivity contribution is 5.88. The summed E-state index contributed by atoms with van der Waals surface area (Å²) in [5.74, 6) is -0.0357. The van der Waals surface area contributed by atoms with Crippen molar-refractivity contribution in [3.05, 3.63) is 0 Å². The largest absolute Gasteiger partial charge is 0.364 e. The van der Waals surface area contributed by atoms with Gasteiger partial charge in [0.2, 0.25) is 0 Å². The first kappa shape index (κ1) is 10.4. The van der Waals surface area contributed by atoms with E-state index in [1.807, 2.05) is 6.92 Å². The Morgan fingerprint density at radius 1 is 1.38 bits per heavy atom. The molecule has 0 saturated carbocycles. The molecule has 1 rings (SSSR count). The van der Waals surface area contributed by atoms with Gasteiger partial charge in [-0.25, -0.2) is 0 Å². The first-order valence-corrected chi connectivity index (χ1v) is 4.12. The van der Waals surface area contributed by atoms with Crippen LogP contribution in [0.1, 0.15) is 6.92 Å². The maximum Gasteiger partial charge on any atom is 0.256 e. The topological polar surface area (TPSA) is 48.0 Å². The summed E-state index contributed by atoms with van der Waals surface area (Å²) in [5, 5.41) is 0. The van der Waals surface area contributed by atoms with Gasteiger partial charge in [-0.1, -0.05) is 0 Å². The van der Waals surface area contributed by atoms with E-state index in [0.717, 1.165) is 0 Å². The average Bonchev–Trinajstić information content (AvgIpc) is 2.15. The van der Waals surface area contributed by atoms with Gasteiger partial charge >= 0.3 is 0 Å². The van der Waals surface area contributed by atoms with Crippen LogP contribution in [-0.2, 0) is 19.0 Å². The zero-order chi connectivity index (χ0) is 9.84. The van der Waals surface area contributed by atoms with E-state index >= 15 is 0 Å². The van der Waals surface area contributed by atoms with Crippen molar-refractivity contribution in [2.24, 2.45) is 0 Å². The van der Waals surface area contributed by atoms with Crippen LogP contribution < -0.4 is 0 Å². The third-order valence-corrected chi connectivity index (χ3v) is 2.09. The van der Waals surface area contributed by atoms with Crippen molar-refractivity contribution in [1.82, 2.24) is 4.90 Å². The lowest BCUT2D eigenvalue weighted by Gasteiger charge is -2.43. The van der Waals surface area contributed by atoms with E-state index in [-0.39, 0.29) is 24.8 Å². The quantitative estimate of drug-likeness (QED) is 0.444. The van der Waals surface area contributed by atoms with Crippen molar-refractivity contribution in [3.8, 4) is 0 Å². The fraction of sp³-hybridized carbons (Fsp3) is 0.875. The molecule has 0 N–H and O–H groups in total. The number of hydrogen-bond donors (Lipinski definition) is 0. The molecule has 2 unspecified atom stereocenters. The fourth-order valence-corrected chi connectivity index (χ4v) is 1.32. The zero-order valence-corrected chi connectivity index (χ0v) is 8.15. The maximum atomic E-state index is 11.3. The van der Waals surface area contributed by atoms with Gasteiger partial charge in [-0.15, -0.1) is 0 Å². The SMILES string of the molecule is COCOC1C(=O)N(COC)C1C. The van der Waals surface area contributed by atoms with E-state index in [2.05, 4.69) is 0 Å². The van der Waals surface area contributed by atoms with E-state index in [4.69, 9.17) is 14.2 Å². The molecule has 1 fully saturated rings. The molecular formula is C8H15NO4. The number of nitrogens with zero attached hydrogens (tertiary/aromatic N) is 1. The van der Waals surface area contributed by atoms with E-state index in [0.29, 0.717) is 6.73 Å². The molecule has 0 aliphatic carbocycles. The molecule has 1 amide bonds. The molecule has 5 heteroatoms. The number of amides is 1. The summed E-state index contributed by atoms with van der Waals surface area (Å²) in [4.78, 5) is 12.9. The molecule has 5 nitrogen and oxygen atoms in total. The molecule has 0 bridgehead atoms. The number of ether oxygens (including phenoxy) is 3. The zero-order valence-electron chi connectivity index (χ0n) is 8.15. The maximum absolute atomic E-state index is 11.3. The van der Waals surface area contributed by atoms with Gasteiger partial charge in [0.15, 0.2) is 6.10 Å². The molecule has 76 valence electrons. The Kier molecular flexibility index (Phi) is 3.65. The third-order valence-electron chi connectivity index (χ3n) is 2.09. The van der Waals surface area contributed by atoms with Crippen LogP contribution in [-0.4, -0.2) is 50.7 Å². The Morgan fingerprint density at radius 3 is 2.54 bits per heavy atom. The Hall–Kier alpha value is -0.650. The van der Waals surface area contributed by atoms with Crippen LogP contribution in [0.2, 0.25) is 0 Å². The molecule has 1 saturated heterocycles. The number of methoxy groups -OCH3 is 2. The van der Waals surface area contributed by atoms with Crippen molar-refractivity contribution in [2.75, 3.05) is 27.7 Å². The van der Waals surface area contributed by atoms with Crippen LogP contribution in [0.15, 0.2) is 0 Å². The van der Waals surface area contributed by atoms with Gasteiger partial charge in [0.1, 0.15) is 13.5 Å². The number of carbonyl (C=O) groups excluding carboxylic acids is 1. The molecule has 0 aromatic heterocycles. The van der Waals surface area contributed by atoms with Crippen molar-refractivity contribution in [1.29, 1.82) is 0 Å². The van der Waals surface area contributed by atoms with Crippen LogP contribution in [0, 0.1) is 0 Å². The minimum absolute atomic E-state index is 0.0357. The average molecular weight is 189 g/mol. The molecule has 0 aromatic rings. The lowest BCUT2D eigenvalue weighted by Crippen LogP contribution is -2.64. The summed E-state index contributed by atoms with van der Waals surface area (Å²) in [5.41, 5.74) is 0. The standard InChI is InChI=1S/C8H15NO4/c1-6-7(13-5-12-3)8(10)9(6)4-11-2/h6-7H,4-5H2,1-3H3. The Labute approximate surface area is 77.6 Å². The molecular weight excluding hydrogens is 174 g/mol. The van der Waals surface area contributed by atoms with Crippen molar-refractivity contribution < 1.29 is 19.0 Å². The van der Waals surface area contributed by atoms with Gasteiger partial charge in [-0.3, -0.25) is 4.79 Å². The predicted molar refractivity (Wildman–Crippen MR) is 44.9 cm³/mol. The lowest BCUT2D eigenvalue weighted by molar-refractivity contribution is -0.194. The van der Waals surface area contributed by atoms with E-state index in [1.54, 1.807) is 12.0 Å². The van der Waals surface area contributed by atoms with Gasteiger partial charge in [-0.2, -0.15) is 0 Å². The number of hydrogen-bond acceptors (Lipinski definition) is 4. The van der Waals surface area contributed by atoms with Crippen molar-refractivity contribution >= 4 is 5.91 Å². The van der Waals surface area contributed by atoms with Crippen molar-refractivity contribution in [3.63, 3.8) is 0 Å². The van der Waals surface area contributed by atoms with Crippen LogP contribution in [0.5, 0.6) is 0 Å². The minimum atomic E-state index is -0.366. The van der Waals surface area contributed by atoms with Gasteiger partial charge in [0, 0.05) is 14.2 Å². The predicted octanol–water partition coefficient (Wildman–Crippen LogP) is -0.190. The normalized spacial score (nSPS) is 27.6. The summed E-state index contributed by atoms with van der Waals surface area (Å²) in [7, 11) is 3.09. The third kappa shape index (κ3) is 1.99. The summed E-state index contributed by atoms with van der Waals surface area (Å²) >= 11 is 0. The first-order valence-electron chi connectivity index (χ1n) is 4.12. The summed E-state index contributed by atoms with van der Waals surface area (Å²) in [6.07, 6.45) is -0.366. The molecule has 13 heavy (non-hydrogen) atoms. The van der Waals surface area contributed by atoms with Crippen LogP contribution in [0.4, 0.5) is 0 Å². The number of β-lactam (4-membered cyclic amide) rings is 1. The Morgan fingerprint density at radius 2 is 2.08 bits per heavy atom. The summed E-state index contributed by atoms with van der Waals surface area (Å²) in [6.45, 7) is 2.40. The van der Waals surface area contributed by atoms with Crippen LogP contribution in [0.3, 0.4) is 0 Å². The molecule has 0 aromatic carbocycles. The van der Waals surface area contributed by atoms with Gasteiger partial charge in [0.25, 0.3) is 5.91 Å². The van der Waals surface area contributed by atoms with Crippen molar-refractivity contribution in [2.45, 2.75) is 19.1 Å². The molecule has 0 spiro atoms. The highest BCUT2D eigenvalue weighted by Crippen LogP contribution is 2.21. The lowest BCUT2D eigenvalue weighted by atomic mass is 10.0. The second-order valence-electron chi connectivity index (χ2n) is 2.96. The highest BCUT2D eigenvalue weighted by atomic mass is 16.7. The van der Waals surface area contributed by atoms with Crippen LogP contribution in [0.25, 0.3) is 0 Å². The second-order valence-corrected chi connectivity index (χ2v) is 2.96. The molecule has 2 atom stereocenters.